The number of fused-ring (bicyclic) bond motifs is 1. The molecule has 1 aromatic rings. The highest BCUT2D eigenvalue weighted by molar-refractivity contribution is 5.82. The van der Waals surface area contributed by atoms with Crippen LogP contribution in [0.5, 0.6) is 11.5 Å². The Bertz CT molecular complexity index is 901. The van der Waals surface area contributed by atoms with E-state index in [2.05, 4.69) is 10.6 Å². The fourth-order valence-corrected chi connectivity index (χ4v) is 5.27. The molecule has 2 amide bonds. The maximum atomic E-state index is 13.0. The number of aliphatic carboxylic acids is 1. The number of rotatable bonds is 10. The predicted molar refractivity (Wildman–Crippen MR) is 129 cm³/mol. The number of aryl methyl sites for hydroxylation is 1. The van der Waals surface area contributed by atoms with Crippen LogP contribution in [0.1, 0.15) is 56.9 Å². The number of likely N-dealkylation sites (tertiary alicyclic amines) is 1. The van der Waals surface area contributed by atoms with Gasteiger partial charge in [-0.2, -0.15) is 0 Å². The summed E-state index contributed by atoms with van der Waals surface area (Å²) in [5.41, 5.74) is 1.00. The number of benzene rings is 1. The van der Waals surface area contributed by atoms with Gasteiger partial charge in [0.15, 0.2) is 11.5 Å². The van der Waals surface area contributed by atoms with Crippen molar-refractivity contribution in [2.24, 2.45) is 11.8 Å². The minimum absolute atomic E-state index is 0.123. The largest absolute Gasteiger partial charge is 0.481 e. The molecule has 0 spiro atoms. The summed E-state index contributed by atoms with van der Waals surface area (Å²) in [7, 11) is 0. The average Bonchev–Trinajstić information content (AvgIpc) is 3.34. The van der Waals surface area contributed by atoms with Crippen LogP contribution in [-0.2, 0) is 20.8 Å². The number of carbonyl (C=O) groups is 3. The van der Waals surface area contributed by atoms with Crippen molar-refractivity contribution in [2.45, 2.75) is 63.8 Å². The molecule has 4 rings (SSSR count). The zero-order valence-corrected chi connectivity index (χ0v) is 20.3. The molecular formula is C26H37N3O6. The SMILES string of the molecule is O=C(O)CC(CCc1ccc2c(c1)OCO2)NC(=O)[C@@H]1CCCN(C(=O)CCC2CCCNC2)C1. The Morgan fingerprint density at radius 1 is 1.17 bits per heavy atom. The molecule has 3 atom stereocenters. The summed E-state index contributed by atoms with van der Waals surface area (Å²) in [6, 6.07) is 5.20. The molecule has 0 radical (unpaired) electrons. The van der Waals surface area contributed by atoms with Gasteiger partial charge in [0, 0.05) is 25.6 Å². The van der Waals surface area contributed by atoms with Crippen molar-refractivity contribution in [1.82, 2.24) is 15.5 Å². The van der Waals surface area contributed by atoms with Crippen LogP contribution < -0.4 is 20.1 Å². The van der Waals surface area contributed by atoms with Crippen LogP contribution in [0.15, 0.2) is 18.2 Å². The lowest BCUT2D eigenvalue weighted by Gasteiger charge is -2.33. The first-order valence-corrected chi connectivity index (χ1v) is 12.9. The van der Waals surface area contributed by atoms with Crippen molar-refractivity contribution in [3.05, 3.63) is 23.8 Å². The molecule has 3 aliphatic rings. The molecule has 9 nitrogen and oxygen atoms in total. The van der Waals surface area contributed by atoms with E-state index in [1.165, 1.54) is 6.42 Å². The van der Waals surface area contributed by atoms with Gasteiger partial charge >= 0.3 is 5.97 Å². The van der Waals surface area contributed by atoms with Crippen LogP contribution in [0.3, 0.4) is 0 Å². The predicted octanol–water partition coefficient (Wildman–Crippen LogP) is 2.33. The number of nitrogens with zero attached hydrogens (tertiary/aromatic N) is 1. The van der Waals surface area contributed by atoms with Gasteiger partial charge in [-0.3, -0.25) is 14.4 Å². The maximum Gasteiger partial charge on any atom is 0.305 e. The van der Waals surface area contributed by atoms with Gasteiger partial charge < -0.3 is 30.1 Å². The van der Waals surface area contributed by atoms with E-state index in [9.17, 15) is 19.5 Å². The summed E-state index contributed by atoms with van der Waals surface area (Å²) in [6.07, 6.45) is 6.22. The van der Waals surface area contributed by atoms with E-state index in [4.69, 9.17) is 9.47 Å². The van der Waals surface area contributed by atoms with Gasteiger partial charge in [-0.15, -0.1) is 0 Å². The van der Waals surface area contributed by atoms with Gasteiger partial charge in [0.1, 0.15) is 0 Å². The van der Waals surface area contributed by atoms with Gasteiger partial charge in [-0.1, -0.05) is 6.07 Å². The van der Waals surface area contributed by atoms with Crippen LogP contribution >= 0.6 is 0 Å². The third-order valence-electron chi connectivity index (χ3n) is 7.30. The van der Waals surface area contributed by atoms with E-state index in [0.29, 0.717) is 56.2 Å². The summed E-state index contributed by atoms with van der Waals surface area (Å²) >= 11 is 0. The minimum Gasteiger partial charge on any atom is -0.481 e. The number of carboxylic acids is 1. The molecule has 2 saturated heterocycles. The average molecular weight is 488 g/mol. The second-order valence-electron chi connectivity index (χ2n) is 9.96. The molecule has 0 saturated carbocycles. The first-order valence-electron chi connectivity index (χ1n) is 12.9. The van der Waals surface area contributed by atoms with Crippen molar-refractivity contribution in [2.75, 3.05) is 33.0 Å². The first kappa shape index (κ1) is 25.3. The smallest absolute Gasteiger partial charge is 0.305 e. The second-order valence-corrected chi connectivity index (χ2v) is 9.96. The van der Waals surface area contributed by atoms with E-state index in [-0.39, 0.29) is 30.9 Å². The molecular weight excluding hydrogens is 450 g/mol. The van der Waals surface area contributed by atoms with Crippen molar-refractivity contribution < 1.29 is 29.0 Å². The minimum atomic E-state index is -0.946. The Kier molecular flexibility index (Phi) is 8.84. The number of hydrogen-bond donors (Lipinski definition) is 3. The number of carbonyl (C=O) groups excluding carboxylic acids is 2. The zero-order valence-electron chi connectivity index (χ0n) is 20.3. The van der Waals surface area contributed by atoms with Crippen molar-refractivity contribution in [3.8, 4) is 11.5 Å². The number of ether oxygens (including phenoxy) is 2. The highest BCUT2D eigenvalue weighted by Gasteiger charge is 2.30. The number of amides is 2. The number of nitrogens with one attached hydrogen (secondary N) is 2. The van der Waals surface area contributed by atoms with Crippen LogP contribution in [0.25, 0.3) is 0 Å². The fraction of sp³-hybridized carbons (Fsp3) is 0.654. The summed E-state index contributed by atoms with van der Waals surface area (Å²) in [4.78, 5) is 39.1. The molecule has 3 N–H and O–H groups in total. The third-order valence-corrected chi connectivity index (χ3v) is 7.30. The van der Waals surface area contributed by atoms with Gasteiger partial charge in [-0.25, -0.2) is 0 Å². The van der Waals surface area contributed by atoms with Crippen molar-refractivity contribution in [1.29, 1.82) is 0 Å². The van der Waals surface area contributed by atoms with E-state index in [1.54, 1.807) is 0 Å². The third kappa shape index (κ3) is 7.34. The Labute approximate surface area is 206 Å². The van der Waals surface area contributed by atoms with Crippen LogP contribution in [0.2, 0.25) is 0 Å². The normalized spacial score (nSPS) is 22.5. The van der Waals surface area contributed by atoms with Crippen molar-refractivity contribution >= 4 is 17.8 Å². The molecule has 3 heterocycles. The zero-order chi connectivity index (χ0) is 24.6. The molecule has 3 aliphatic heterocycles. The van der Waals surface area contributed by atoms with Gasteiger partial charge in [0.25, 0.3) is 0 Å². The van der Waals surface area contributed by atoms with Crippen LogP contribution in [-0.4, -0.2) is 66.8 Å². The monoisotopic (exact) mass is 487 g/mol. The number of piperidine rings is 2. The number of carboxylic acid groups (broad SMARTS) is 1. The topological polar surface area (TPSA) is 117 Å². The Balaban J connectivity index is 1.27. The Hall–Kier alpha value is -2.81. The van der Waals surface area contributed by atoms with E-state index >= 15 is 0 Å². The molecule has 192 valence electrons. The molecule has 2 fully saturated rings. The second kappa shape index (κ2) is 12.2. The molecule has 0 aliphatic carbocycles. The molecule has 35 heavy (non-hydrogen) atoms. The summed E-state index contributed by atoms with van der Waals surface area (Å²) < 4.78 is 10.7. The van der Waals surface area contributed by atoms with Crippen LogP contribution in [0, 0.1) is 11.8 Å². The summed E-state index contributed by atoms with van der Waals surface area (Å²) in [5, 5.41) is 15.7. The lowest BCUT2D eigenvalue weighted by Crippen LogP contribution is -2.48. The molecule has 9 heteroatoms. The quantitative estimate of drug-likeness (QED) is 0.464. The fourth-order valence-electron chi connectivity index (χ4n) is 5.27. The van der Waals surface area contributed by atoms with Crippen molar-refractivity contribution in [3.63, 3.8) is 0 Å². The highest BCUT2D eigenvalue weighted by Crippen LogP contribution is 2.33. The Morgan fingerprint density at radius 2 is 2.03 bits per heavy atom. The van der Waals surface area contributed by atoms with Gasteiger partial charge in [0.05, 0.1) is 12.3 Å². The number of hydrogen-bond acceptors (Lipinski definition) is 6. The molecule has 0 aromatic heterocycles. The standard InChI is InChI=1S/C26H37N3O6/c30-24(10-7-19-3-1-11-27-15-19)29-12-2-4-20(16-29)26(33)28-21(14-25(31)32)8-5-18-6-9-22-23(13-18)35-17-34-22/h6,9,13,19-21,27H,1-5,7-8,10-12,14-17H2,(H,28,33)(H,31,32)/t19?,20-,21?/m1/s1. The lowest BCUT2D eigenvalue weighted by molar-refractivity contribution is -0.138. The Morgan fingerprint density at radius 3 is 2.83 bits per heavy atom. The van der Waals surface area contributed by atoms with E-state index in [1.807, 2.05) is 23.1 Å². The van der Waals surface area contributed by atoms with E-state index in [0.717, 1.165) is 37.9 Å². The van der Waals surface area contributed by atoms with Gasteiger partial charge in [0.2, 0.25) is 18.6 Å². The maximum absolute atomic E-state index is 13.0. The molecule has 1 aromatic carbocycles. The first-order chi connectivity index (χ1) is 17.0. The molecule has 0 bridgehead atoms. The van der Waals surface area contributed by atoms with Crippen LogP contribution in [0.4, 0.5) is 0 Å². The summed E-state index contributed by atoms with van der Waals surface area (Å²) in [6.45, 7) is 3.35. The summed E-state index contributed by atoms with van der Waals surface area (Å²) in [5.74, 6) is 0.667. The highest BCUT2D eigenvalue weighted by atomic mass is 16.7. The lowest BCUT2D eigenvalue weighted by atomic mass is 9.93. The van der Waals surface area contributed by atoms with Gasteiger partial charge in [-0.05, 0) is 81.6 Å². The van der Waals surface area contributed by atoms with E-state index < -0.39 is 12.0 Å². The molecule has 2 unspecified atom stereocenters.